The predicted octanol–water partition coefficient (Wildman–Crippen LogP) is 3.65. The number of aromatic nitrogens is 2. The second kappa shape index (κ2) is 7.56. The van der Waals surface area contributed by atoms with Crippen LogP contribution in [-0.4, -0.2) is 32.0 Å². The molecule has 0 radical (unpaired) electrons. The SMILES string of the molecule is CN1c2nc(-c3cc(Oc4ccnc(N)c4)ccc3N)ccc2N(CC(C)(C)C)S1(=O)=O. The molecule has 0 atom stereocenters. The number of nitrogens with two attached hydrogens (primary N) is 2. The maximum atomic E-state index is 13.0. The van der Waals surface area contributed by atoms with Gasteiger partial charge in [0.15, 0.2) is 5.82 Å². The Hall–Kier alpha value is -3.53. The van der Waals surface area contributed by atoms with Crippen molar-refractivity contribution >= 4 is 33.2 Å². The Morgan fingerprint density at radius 3 is 2.44 bits per heavy atom. The minimum absolute atomic E-state index is 0.222. The lowest BCUT2D eigenvalue weighted by atomic mass is 9.97. The summed E-state index contributed by atoms with van der Waals surface area (Å²) in [7, 11) is -2.19. The van der Waals surface area contributed by atoms with E-state index in [1.807, 2.05) is 20.8 Å². The zero-order valence-electron chi connectivity index (χ0n) is 18.4. The minimum Gasteiger partial charge on any atom is -0.457 e. The van der Waals surface area contributed by atoms with E-state index in [0.717, 1.165) is 0 Å². The predicted molar refractivity (Wildman–Crippen MR) is 127 cm³/mol. The van der Waals surface area contributed by atoms with Crippen molar-refractivity contribution in [1.29, 1.82) is 0 Å². The van der Waals surface area contributed by atoms with Crippen LogP contribution in [0.5, 0.6) is 11.5 Å². The van der Waals surface area contributed by atoms with Gasteiger partial charge in [0.1, 0.15) is 17.3 Å². The normalized spacial score (nSPS) is 15.0. The van der Waals surface area contributed by atoms with Crippen molar-refractivity contribution in [3.63, 3.8) is 0 Å². The van der Waals surface area contributed by atoms with Gasteiger partial charge in [-0.25, -0.2) is 18.6 Å². The smallest absolute Gasteiger partial charge is 0.327 e. The number of ether oxygens (including phenoxy) is 1. The van der Waals surface area contributed by atoms with Gasteiger partial charge in [0.05, 0.1) is 11.4 Å². The van der Waals surface area contributed by atoms with Crippen LogP contribution in [0.1, 0.15) is 20.8 Å². The standard InChI is InChI=1S/C22H26N6O3S/c1-22(2,3)13-28-19-8-7-18(26-21(19)27(4)32(28,29)30)16-11-14(5-6-17(16)23)31-15-9-10-25-20(24)12-15/h5-12H,13,23H2,1-4H3,(H2,24,25). The fraction of sp³-hybridized carbons (Fsp3) is 0.273. The molecule has 3 heterocycles. The van der Waals surface area contributed by atoms with Crippen LogP contribution in [0.3, 0.4) is 0 Å². The zero-order valence-corrected chi connectivity index (χ0v) is 19.2. The van der Waals surface area contributed by atoms with Gasteiger partial charge in [-0.2, -0.15) is 8.42 Å². The van der Waals surface area contributed by atoms with Gasteiger partial charge in [0.25, 0.3) is 0 Å². The quantitative estimate of drug-likeness (QED) is 0.576. The van der Waals surface area contributed by atoms with Crippen LogP contribution in [0.25, 0.3) is 11.3 Å². The summed E-state index contributed by atoms with van der Waals surface area (Å²) in [4.78, 5) is 8.59. The summed E-state index contributed by atoms with van der Waals surface area (Å²) in [5.74, 6) is 1.79. The highest BCUT2D eigenvalue weighted by Gasteiger charge is 2.41. The van der Waals surface area contributed by atoms with E-state index < -0.39 is 10.2 Å². The van der Waals surface area contributed by atoms with Crippen molar-refractivity contribution in [2.75, 3.05) is 33.7 Å². The third kappa shape index (κ3) is 4.01. The van der Waals surface area contributed by atoms with E-state index in [1.165, 1.54) is 15.7 Å². The maximum absolute atomic E-state index is 13.0. The number of pyridine rings is 2. The van der Waals surface area contributed by atoms with Gasteiger partial charge >= 0.3 is 10.2 Å². The molecule has 0 aliphatic carbocycles. The van der Waals surface area contributed by atoms with Gasteiger partial charge in [0.2, 0.25) is 0 Å². The number of nitrogen functional groups attached to an aromatic ring is 2. The van der Waals surface area contributed by atoms with E-state index in [1.54, 1.807) is 48.7 Å². The molecule has 0 fully saturated rings. The Morgan fingerprint density at radius 2 is 1.75 bits per heavy atom. The number of rotatable bonds is 4. The van der Waals surface area contributed by atoms with Gasteiger partial charge in [-0.1, -0.05) is 20.8 Å². The van der Waals surface area contributed by atoms with Crippen molar-refractivity contribution in [3.05, 3.63) is 48.7 Å². The molecule has 10 heteroatoms. The molecule has 0 saturated heterocycles. The molecule has 4 rings (SSSR count). The van der Waals surface area contributed by atoms with E-state index in [9.17, 15) is 8.42 Å². The highest BCUT2D eigenvalue weighted by atomic mass is 32.2. The van der Waals surface area contributed by atoms with Crippen LogP contribution in [-0.2, 0) is 10.2 Å². The minimum atomic E-state index is -3.69. The van der Waals surface area contributed by atoms with E-state index in [0.29, 0.717) is 52.3 Å². The average Bonchev–Trinajstić information content (AvgIpc) is 2.89. The average molecular weight is 455 g/mol. The molecule has 0 unspecified atom stereocenters. The first kappa shape index (κ1) is 21.7. The van der Waals surface area contributed by atoms with Crippen LogP contribution in [0.4, 0.5) is 23.0 Å². The first-order valence-electron chi connectivity index (χ1n) is 10.0. The fourth-order valence-electron chi connectivity index (χ4n) is 3.44. The third-order valence-electron chi connectivity index (χ3n) is 4.95. The van der Waals surface area contributed by atoms with Crippen LogP contribution in [0.2, 0.25) is 0 Å². The second-order valence-corrected chi connectivity index (χ2v) is 10.7. The third-order valence-corrected chi connectivity index (χ3v) is 6.70. The fourth-order valence-corrected chi connectivity index (χ4v) is 5.03. The van der Waals surface area contributed by atoms with E-state index in [-0.39, 0.29) is 5.41 Å². The number of anilines is 4. The van der Waals surface area contributed by atoms with Crippen LogP contribution < -0.4 is 24.8 Å². The first-order chi connectivity index (χ1) is 15.0. The number of hydrogen-bond donors (Lipinski definition) is 2. The summed E-state index contributed by atoms with van der Waals surface area (Å²) in [5.41, 5.74) is 13.9. The van der Waals surface area contributed by atoms with Crippen molar-refractivity contribution in [2.45, 2.75) is 20.8 Å². The molecule has 0 amide bonds. The summed E-state index contributed by atoms with van der Waals surface area (Å²) < 4.78 is 34.4. The second-order valence-electron chi connectivity index (χ2n) is 8.85. The van der Waals surface area contributed by atoms with Crippen molar-refractivity contribution in [2.24, 2.45) is 5.41 Å². The number of fused-ring (bicyclic) bond motifs is 1. The van der Waals surface area contributed by atoms with Crippen LogP contribution >= 0.6 is 0 Å². The molecule has 1 aromatic carbocycles. The highest BCUT2D eigenvalue weighted by Crippen LogP contribution is 2.42. The molecule has 0 saturated carbocycles. The molecule has 0 spiro atoms. The largest absolute Gasteiger partial charge is 0.457 e. The van der Waals surface area contributed by atoms with E-state index in [2.05, 4.69) is 9.97 Å². The van der Waals surface area contributed by atoms with Crippen molar-refractivity contribution in [1.82, 2.24) is 9.97 Å². The Bertz CT molecular complexity index is 1290. The summed E-state index contributed by atoms with van der Waals surface area (Å²) >= 11 is 0. The molecular formula is C22H26N6O3S. The van der Waals surface area contributed by atoms with Gasteiger partial charge < -0.3 is 16.2 Å². The lowest BCUT2D eigenvalue weighted by Crippen LogP contribution is -2.40. The topological polar surface area (TPSA) is 128 Å². The molecule has 168 valence electrons. The molecule has 0 bridgehead atoms. The van der Waals surface area contributed by atoms with Crippen LogP contribution in [0, 0.1) is 5.41 Å². The number of benzene rings is 1. The van der Waals surface area contributed by atoms with Gasteiger partial charge in [-0.15, -0.1) is 0 Å². The molecule has 32 heavy (non-hydrogen) atoms. The summed E-state index contributed by atoms with van der Waals surface area (Å²) in [6.07, 6.45) is 1.56. The first-order valence-corrected chi connectivity index (χ1v) is 11.4. The summed E-state index contributed by atoms with van der Waals surface area (Å²) in [5, 5.41) is 0. The van der Waals surface area contributed by atoms with Gasteiger partial charge in [-0.05, 0) is 41.8 Å². The van der Waals surface area contributed by atoms with Crippen LogP contribution in [0.15, 0.2) is 48.7 Å². The molecule has 1 aliphatic rings. The lowest BCUT2D eigenvalue weighted by molar-refractivity contribution is 0.427. The number of hydrogen-bond acceptors (Lipinski definition) is 7. The Labute approximate surface area is 187 Å². The molecule has 2 aromatic heterocycles. The molecule has 3 aromatic rings. The summed E-state index contributed by atoms with van der Waals surface area (Å²) in [6.45, 7) is 6.31. The van der Waals surface area contributed by atoms with Gasteiger partial charge in [-0.3, -0.25) is 0 Å². The molecule has 4 N–H and O–H groups in total. The maximum Gasteiger partial charge on any atom is 0.327 e. The zero-order chi connectivity index (χ0) is 23.3. The van der Waals surface area contributed by atoms with E-state index >= 15 is 0 Å². The molecular weight excluding hydrogens is 428 g/mol. The lowest BCUT2D eigenvalue weighted by Gasteiger charge is -2.27. The van der Waals surface area contributed by atoms with E-state index in [4.69, 9.17) is 16.2 Å². The Morgan fingerprint density at radius 1 is 1.03 bits per heavy atom. The monoisotopic (exact) mass is 454 g/mol. The molecule has 9 nitrogen and oxygen atoms in total. The number of nitrogens with zero attached hydrogens (tertiary/aromatic N) is 4. The highest BCUT2D eigenvalue weighted by molar-refractivity contribution is 7.94. The van der Waals surface area contributed by atoms with Crippen molar-refractivity contribution in [3.8, 4) is 22.8 Å². The molecule has 1 aliphatic heterocycles. The Kier molecular flexibility index (Phi) is 5.12. The van der Waals surface area contributed by atoms with Crippen molar-refractivity contribution < 1.29 is 13.2 Å². The summed E-state index contributed by atoms with van der Waals surface area (Å²) in [6, 6.07) is 12.1. The Balaban J connectivity index is 1.73. The van der Waals surface area contributed by atoms with Gasteiger partial charge in [0, 0.05) is 37.1 Å².